The number of carbonyl (C=O) groups excluding carboxylic acids is 1. The molecule has 1 amide bonds. The number of para-hydroxylation sites is 1. The molecule has 0 bridgehead atoms. The summed E-state index contributed by atoms with van der Waals surface area (Å²) in [5.41, 5.74) is 0.677. The zero-order chi connectivity index (χ0) is 18.7. The highest BCUT2D eigenvalue weighted by Gasteiger charge is 2.20. The monoisotopic (exact) mass is 393 g/mol. The largest absolute Gasteiger partial charge is 0.354 e. The molecule has 6 nitrogen and oxygen atoms in total. The Balaban J connectivity index is 1.80. The second-order valence-corrected chi connectivity index (χ2v) is 6.95. The molecular formula is C18H21Cl2N5O. The van der Waals surface area contributed by atoms with E-state index in [9.17, 15) is 4.79 Å². The Hall–Kier alpha value is -1.89. The molecule has 1 N–H and O–H groups in total. The third-order valence-corrected chi connectivity index (χ3v) is 5.03. The summed E-state index contributed by atoms with van der Waals surface area (Å²) in [7, 11) is 0. The Labute approximate surface area is 163 Å². The lowest BCUT2D eigenvalue weighted by Gasteiger charge is -2.34. The standard InChI is InChI=1S/C18H21Cl2N5O/c1-3-24-7-9-25(10-8-24)16-11-15(21-12(2)22-16)18(26)23-17-13(19)5-4-6-14(17)20/h4-6,11H,3,7-10H2,1-2H3,(H,23,26). The van der Waals surface area contributed by atoms with E-state index in [1.165, 1.54) is 0 Å². The predicted octanol–water partition coefficient (Wildman–Crippen LogP) is 3.49. The van der Waals surface area contributed by atoms with Crippen LogP contribution in [-0.2, 0) is 0 Å². The van der Waals surface area contributed by atoms with E-state index in [1.807, 2.05) is 0 Å². The van der Waals surface area contributed by atoms with Crippen molar-refractivity contribution in [2.45, 2.75) is 13.8 Å². The van der Waals surface area contributed by atoms with Gasteiger partial charge in [-0.15, -0.1) is 0 Å². The topological polar surface area (TPSA) is 61.4 Å². The first-order valence-electron chi connectivity index (χ1n) is 8.56. The number of amides is 1. The number of nitrogens with one attached hydrogen (secondary N) is 1. The average Bonchev–Trinajstić information content (AvgIpc) is 2.64. The number of nitrogens with zero attached hydrogens (tertiary/aromatic N) is 4. The zero-order valence-electron chi connectivity index (χ0n) is 14.8. The van der Waals surface area contributed by atoms with Crippen LogP contribution >= 0.6 is 23.2 Å². The molecule has 0 aliphatic carbocycles. The van der Waals surface area contributed by atoms with Crippen LogP contribution in [0.25, 0.3) is 0 Å². The van der Waals surface area contributed by atoms with E-state index in [2.05, 4.69) is 32.0 Å². The second kappa shape index (κ2) is 8.20. The summed E-state index contributed by atoms with van der Waals surface area (Å²) in [4.78, 5) is 26.0. The maximum Gasteiger partial charge on any atom is 0.274 e. The fourth-order valence-corrected chi connectivity index (χ4v) is 3.41. The minimum absolute atomic E-state index is 0.293. The molecule has 8 heteroatoms. The molecule has 1 aromatic carbocycles. The van der Waals surface area contributed by atoms with Gasteiger partial charge in [-0.3, -0.25) is 4.79 Å². The fraction of sp³-hybridized carbons (Fsp3) is 0.389. The molecule has 0 saturated carbocycles. The van der Waals surface area contributed by atoms with Gasteiger partial charge in [0, 0.05) is 32.2 Å². The molecule has 0 radical (unpaired) electrons. The third-order valence-electron chi connectivity index (χ3n) is 4.40. The molecule has 0 unspecified atom stereocenters. The van der Waals surface area contributed by atoms with E-state index in [-0.39, 0.29) is 5.91 Å². The smallest absolute Gasteiger partial charge is 0.274 e. The third kappa shape index (κ3) is 4.26. The summed E-state index contributed by atoms with van der Waals surface area (Å²) < 4.78 is 0. The molecule has 1 aromatic heterocycles. The highest BCUT2D eigenvalue weighted by molar-refractivity contribution is 6.40. The van der Waals surface area contributed by atoms with Gasteiger partial charge >= 0.3 is 0 Å². The Kier molecular flexibility index (Phi) is 5.96. The number of anilines is 2. The summed E-state index contributed by atoms with van der Waals surface area (Å²) in [6, 6.07) is 6.79. The van der Waals surface area contributed by atoms with Crippen LogP contribution in [-0.4, -0.2) is 53.5 Å². The molecule has 3 rings (SSSR count). The van der Waals surface area contributed by atoms with Gasteiger partial charge in [0.15, 0.2) is 0 Å². The number of aromatic nitrogens is 2. The van der Waals surface area contributed by atoms with Crippen LogP contribution in [0, 0.1) is 6.92 Å². The minimum Gasteiger partial charge on any atom is -0.354 e. The Morgan fingerprint density at radius 2 is 1.81 bits per heavy atom. The average molecular weight is 394 g/mol. The molecule has 2 heterocycles. The van der Waals surface area contributed by atoms with Crippen molar-refractivity contribution in [1.82, 2.24) is 14.9 Å². The van der Waals surface area contributed by atoms with Crippen molar-refractivity contribution in [2.75, 3.05) is 42.9 Å². The number of hydrogen-bond acceptors (Lipinski definition) is 5. The van der Waals surface area contributed by atoms with E-state index >= 15 is 0 Å². The van der Waals surface area contributed by atoms with E-state index in [0.29, 0.717) is 27.3 Å². The predicted molar refractivity (Wildman–Crippen MR) is 106 cm³/mol. The summed E-state index contributed by atoms with van der Waals surface area (Å²) in [5, 5.41) is 3.51. The molecule has 2 aromatic rings. The van der Waals surface area contributed by atoms with Gasteiger partial charge in [0.05, 0.1) is 15.7 Å². The van der Waals surface area contributed by atoms with Gasteiger partial charge < -0.3 is 15.1 Å². The van der Waals surface area contributed by atoms with E-state index in [4.69, 9.17) is 23.2 Å². The van der Waals surface area contributed by atoms with Gasteiger partial charge in [0.25, 0.3) is 5.91 Å². The lowest BCUT2D eigenvalue weighted by Crippen LogP contribution is -2.46. The number of carbonyl (C=O) groups is 1. The first-order valence-corrected chi connectivity index (χ1v) is 9.32. The summed E-state index contributed by atoms with van der Waals surface area (Å²) in [5.74, 6) is 0.957. The molecular weight excluding hydrogens is 373 g/mol. The van der Waals surface area contributed by atoms with Gasteiger partial charge in [-0.25, -0.2) is 9.97 Å². The summed E-state index contributed by atoms with van der Waals surface area (Å²) in [6.45, 7) is 8.71. The van der Waals surface area contributed by atoms with Crippen molar-refractivity contribution in [1.29, 1.82) is 0 Å². The lowest BCUT2D eigenvalue weighted by molar-refractivity contribution is 0.102. The van der Waals surface area contributed by atoms with Gasteiger partial charge in [0.2, 0.25) is 0 Å². The maximum atomic E-state index is 12.7. The number of likely N-dealkylation sites (N-methyl/N-ethyl adjacent to an activating group) is 1. The first-order chi connectivity index (χ1) is 12.5. The van der Waals surface area contributed by atoms with Crippen LogP contribution < -0.4 is 10.2 Å². The Morgan fingerprint density at radius 1 is 1.15 bits per heavy atom. The van der Waals surface area contributed by atoms with Crippen molar-refractivity contribution in [2.24, 2.45) is 0 Å². The number of aryl methyl sites for hydroxylation is 1. The maximum absolute atomic E-state index is 12.7. The van der Waals surface area contributed by atoms with Crippen molar-refractivity contribution >= 4 is 40.6 Å². The number of benzene rings is 1. The van der Waals surface area contributed by atoms with Gasteiger partial charge in [-0.05, 0) is 25.6 Å². The molecule has 26 heavy (non-hydrogen) atoms. The van der Waals surface area contributed by atoms with Crippen LogP contribution in [0.3, 0.4) is 0 Å². The van der Waals surface area contributed by atoms with E-state index in [1.54, 1.807) is 31.2 Å². The highest BCUT2D eigenvalue weighted by atomic mass is 35.5. The van der Waals surface area contributed by atoms with Crippen LogP contribution in [0.4, 0.5) is 11.5 Å². The first kappa shape index (κ1) is 18.9. The molecule has 1 aliphatic rings. The number of hydrogen-bond donors (Lipinski definition) is 1. The lowest BCUT2D eigenvalue weighted by atomic mass is 10.2. The molecule has 138 valence electrons. The quantitative estimate of drug-likeness (QED) is 0.861. The number of piperazine rings is 1. The minimum atomic E-state index is -0.362. The molecule has 0 spiro atoms. The van der Waals surface area contributed by atoms with Crippen LogP contribution in [0.5, 0.6) is 0 Å². The molecule has 0 atom stereocenters. The molecule has 1 fully saturated rings. The highest BCUT2D eigenvalue weighted by Crippen LogP contribution is 2.30. The van der Waals surface area contributed by atoms with Crippen molar-refractivity contribution in [3.63, 3.8) is 0 Å². The SMILES string of the molecule is CCN1CCN(c2cc(C(=O)Nc3c(Cl)cccc3Cl)nc(C)n2)CC1. The normalized spacial score (nSPS) is 15.2. The Morgan fingerprint density at radius 3 is 2.42 bits per heavy atom. The number of rotatable bonds is 4. The Bertz CT molecular complexity index is 786. The van der Waals surface area contributed by atoms with E-state index in [0.717, 1.165) is 38.5 Å². The van der Waals surface area contributed by atoms with Crippen molar-refractivity contribution < 1.29 is 4.79 Å². The summed E-state index contributed by atoms with van der Waals surface area (Å²) in [6.07, 6.45) is 0. The molecule has 1 aliphatic heterocycles. The fourth-order valence-electron chi connectivity index (χ4n) is 2.92. The summed E-state index contributed by atoms with van der Waals surface area (Å²) >= 11 is 12.3. The van der Waals surface area contributed by atoms with Crippen LogP contribution in [0.15, 0.2) is 24.3 Å². The zero-order valence-corrected chi connectivity index (χ0v) is 16.3. The van der Waals surface area contributed by atoms with Crippen molar-refractivity contribution in [3.05, 3.63) is 45.8 Å². The van der Waals surface area contributed by atoms with Gasteiger partial charge in [-0.1, -0.05) is 36.2 Å². The van der Waals surface area contributed by atoms with Crippen LogP contribution in [0.2, 0.25) is 10.0 Å². The van der Waals surface area contributed by atoms with Gasteiger partial charge in [0.1, 0.15) is 17.3 Å². The van der Waals surface area contributed by atoms with Crippen LogP contribution in [0.1, 0.15) is 23.2 Å². The van der Waals surface area contributed by atoms with E-state index < -0.39 is 0 Å². The van der Waals surface area contributed by atoms with Gasteiger partial charge in [-0.2, -0.15) is 0 Å². The van der Waals surface area contributed by atoms with Crippen molar-refractivity contribution in [3.8, 4) is 0 Å². The molecule has 1 saturated heterocycles. The number of halogens is 2. The second-order valence-electron chi connectivity index (χ2n) is 6.13.